The third kappa shape index (κ3) is 3.93. The Hall–Kier alpha value is -3.33. The number of benzene rings is 1. The zero-order chi connectivity index (χ0) is 19.6. The number of nitrogens with one attached hydrogen (secondary N) is 1. The number of hydrogen-bond acceptors (Lipinski definition) is 6. The minimum atomic E-state index is -0.855. The Labute approximate surface area is 158 Å². The molecule has 9 heteroatoms. The van der Waals surface area contributed by atoms with Crippen molar-refractivity contribution in [3.63, 3.8) is 0 Å². The topological polar surface area (TPSA) is 107 Å². The van der Waals surface area contributed by atoms with Crippen molar-refractivity contribution < 1.29 is 9.72 Å². The Balaban J connectivity index is 1.85. The zero-order valence-electron chi connectivity index (χ0n) is 14.6. The molecule has 8 nitrogen and oxygen atoms in total. The highest BCUT2D eigenvalue weighted by Crippen LogP contribution is 2.23. The summed E-state index contributed by atoms with van der Waals surface area (Å²) in [6, 6.07) is 10.1. The molecule has 3 rings (SSSR count). The third-order valence-electron chi connectivity index (χ3n) is 4.02. The van der Waals surface area contributed by atoms with Crippen LogP contribution in [0.2, 0.25) is 0 Å². The van der Waals surface area contributed by atoms with Crippen molar-refractivity contribution in [3.8, 4) is 10.6 Å². The number of nitro groups is 1. The summed E-state index contributed by atoms with van der Waals surface area (Å²) in [4.78, 5) is 36.0. The fraction of sp³-hybridized carbons (Fsp3) is 0.167. The molecule has 0 fully saturated rings. The van der Waals surface area contributed by atoms with Gasteiger partial charge in [0, 0.05) is 23.9 Å². The fourth-order valence-corrected chi connectivity index (χ4v) is 3.20. The van der Waals surface area contributed by atoms with Crippen molar-refractivity contribution in [3.05, 3.63) is 73.9 Å². The molecule has 0 saturated heterocycles. The van der Waals surface area contributed by atoms with Crippen LogP contribution in [-0.2, 0) is 4.79 Å². The van der Waals surface area contributed by atoms with Crippen LogP contribution in [0.5, 0.6) is 0 Å². The van der Waals surface area contributed by atoms with Crippen molar-refractivity contribution in [2.24, 2.45) is 0 Å². The minimum Gasteiger partial charge on any atom is -0.324 e. The number of rotatable bonds is 5. The third-order valence-corrected chi connectivity index (χ3v) is 4.92. The van der Waals surface area contributed by atoms with Crippen LogP contribution in [0.3, 0.4) is 0 Å². The Morgan fingerprint density at radius 1 is 1.30 bits per heavy atom. The van der Waals surface area contributed by atoms with E-state index in [1.54, 1.807) is 19.9 Å². The van der Waals surface area contributed by atoms with Gasteiger partial charge in [0.25, 0.3) is 11.2 Å². The molecule has 27 heavy (non-hydrogen) atoms. The molecule has 0 bridgehead atoms. The molecular formula is C18H16N4O4S. The lowest BCUT2D eigenvalue weighted by molar-refractivity contribution is -0.384. The van der Waals surface area contributed by atoms with Crippen molar-refractivity contribution in [2.75, 3.05) is 5.32 Å². The van der Waals surface area contributed by atoms with E-state index in [1.165, 1.54) is 35.6 Å². The van der Waals surface area contributed by atoms with E-state index in [0.29, 0.717) is 16.9 Å². The number of hydrogen-bond donors (Lipinski definition) is 1. The van der Waals surface area contributed by atoms with Gasteiger partial charge in [-0.1, -0.05) is 6.07 Å². The molecule has 1 N–H and O–H groups in total. The quantitative estimate of drug-likeness (QED) is 0.536. The highest BCUT2D eigenvalue weighted by atomic mass is 32.1. The molecule has 1 unspecified atom stereocenters. The predicted molar refractivity (Wildman–Crippen MR) is 103 cm³/mol. The first-order chi connectivity index (χ1) is 12.9. The molecule has 3 aromatic rings. The van der Waals surface area contributed by atoms with Crippen molar-refractivity contribution in [2.45, 2.75) is 19.9 Å². The van der Waals surface area contributed by atoms with Gasteiger partial charge in [-0.3, -0.25) is 19.7 Å². The number of non-ortho nitro benzene ring substituents is 1. The second kappa shape index (κ2) is 7.50. The largest absolute Gasteiger partial charge is 0.324 e. The molecule has 1 aromatic carbocycles. The second-order valence-corrected chi connectivity index (χ2v) is 6.85. The minimum absolute atomic E-state index is 0.0555. The van der Waals surface area contributed by atoms with Crippen LogP contribution in [0, 0.1) is 17.0 Å². The van der Waals surface area contributed by atoms with Gasteiger partial charge >= 0.3 is 0 Å². The highest BCUT2D eigenvalue weighted by molar-refractivity contribution is 7.13. The second-order valence-electron chi connectivity index (χ2n) is 5.90. The summed E-state index contributed by atoms with van der Waals surface area (Å²) in [6.07, 6.45) is 0. The molecule has 0 saturated carbocycles. The maximum absolute atomic E-state index is 12.6. The molecule has 0 spiro atoms. The average molecular weight is 384 g/mol. The number of thiophene rings is 1. The lowest BCUT2D eigenvalue weighted by Gasteiger charge is -2.15. The Kier molecular flexibility index (Phi) is 5.13. The molecule has 0 radical (unpaired) electrons. The molecule has 1 atom stereocenters. The van der Waals surface area contributed by atoms with E-state index in [1.807, 2.05) is 17.5 Å². The number of anilines is 1. The summed E-state index contributed by atoms with van der Waals surface area (Å²) in [6.45, 7) is 3.23. The van der Waals surface area contributed by atoms with E-state index in [2.05, 4.69) is 10.4 Å². The Morgan fingerprint density at radius 3 is 2.70 bits per heavy atom. The molecule has 1 amide bonds. The van der Waals surface area contributed by atoms with Crippen molar-refractivity contribution in [1.29, 1.82) is 0 Å². The van der Waals surface area contributed by atoms with Crippen LogP contribution in [0.25, 0.3) is 10.6 Å². The van der Waals surface area contributed by atoms with Gasteiger partial charge in [-0.25, -0.2) is 4.68 Å². The van der Waals surface area contributed by atoms with Crippen molar-refractivity contribution >= 4 is 28.6 Å². The van der Waals surface area contributed by atoms with E-state index < -0.39 is 22.4 Å². The molecule has 0 aliphatic heterocycles. The number of aryl methyl sites for hydroxylation is 1. The first-order valence-corrected chi connectivity index (χ1v) is 8.94. The van der Waals surface area contributed by atoms with Gasteiger partial charge in [0.1, 0.15) is 11.7 Å². The number of aromatic nitrogens is 2. The smallest absolute Gasteiger partial charge is 0.269 e. The molecule has 2 heterocycles. The van der Waals surface area contributed by atoms with Crippen LogP contribution in [0.15, 0.2) is 52.6 Å². The maximum atomic E-state index is 12.6. The Bertz CT molecular complexity index is 1060. The summed E-state index contributed by atoms with van der Waals surface area (Å²) in [5.74, 6) is -0.440. The number of carbonyl (C=O) groups excluding carboxylic acids is 1. The van der Waals surface area contributed by atoms with Gasteiger partial charge in [0.2, 0.25) is 5.91 Å². The van der Waals surface area contributed by atoms with Gasteiger partial charge in [0.05, 0.1) is 9.80 Å². The monoisotopic (exact) mass is 384 g/mol. The van der Waals surface area contributed by atoms with Crippen LogP contribution < -0.4 is 10.9 Å². The van der Waals surface area contributed by atoms with Gasteiger partial charge in [-0.05, 0) is 43.0 Å². The molecular weight excluding hydrogens is 368 g/mol. The van der Waals surface area contributed by atoms with Crippen LogP contribution in [-0.4, -0.2) is 20.6 Å². The zero-order valence-corrected chi connectivity index (χ0v) is 15.4. The van der Waals surface area contributed by atoms with E-state index >= 15 is 0 Å². The van der Waals surface area contributed by atoms with E-state index in [9.17, 15) is 19.7 Å². The summed E-state index contributed by atoms with van der Waals surface area (Å²) in [7, 11) is 0. The Morgan fingerprint density at radius 2 is 2.07 bits per heavy atom. The lowest BCUT2D eigenvalue weighted by atomic mass is 10.1. The van der Waals surface area contributed by atoms with Crippen LogP contribution in [0.4, 0.5) is 11.4 Å². The first-order valence-electron chi connectivity index (χ1n) is 8.06. The van der Waals surface area contributed by atoms with E-state index in [0.717, 1.165) is 9.56 Å². The fourth-order valence-electron chi connectivity index (χ4n) is 2.51. The van der Waals surface area contributed by atoms with Gasteiger partial charge in [-0.15, -0.1) is 11.3 Å². The maximum Gasteiger partial charge on any atom is 0.269 e. The number of nitro benzene ring substituents is 1. The SMILES string of the molecule is Cc1cc([N+](=O)[O-])ccc1NC(=O)C(C)n1nc(-c2cccs2)ccc1=O. The predicted octanol–water partition coefficient (Wildman–Crippen LogP) is 3.39. The summed E-state index contributed by atoms with van der Waals surface area (Å²) in [5, 5.41) is 19.7. The standard InChI is InChI=1S/C18H16N4O4S/c1-11-10-13(22(25)26)5-6-14(11)19-18(24)12(2)21-17(23)8-7-15(20-21)16-4-3-9-27-16/h3-10,12H,1-2H3,(H,19,24). The van der Waals surface area contributed by atoms with E-state index in [4.69, 9.17) is 0 Å². The molecule has 0 aliphatic carbocycles. The first kappa shape index (κ1) is 18.5. The molecule has 138 valence electrons. The number of amides is 1. The molecule has 0 aliphatic rings. The number of carbonyl (C=O) groups is 1. The summed E-state index contributed by atoms with van der Waals surface area (Å²) < 4.78 is 1.13. The number of nitrogens with zero attached hydrogens (tertiary/aromatic N) is 3. The molecule has 2 aromatic heterocycles. The normalized spacial score (nSPS) is 11.8. The summed E-state index contributed by atoms with van der Waals surface area (Å²) in [5.41, 5.74) is 1.16. The lowest BCUT2D eigenvalue weighted by Crippen LogP contribution is -2.33. The van der Waals surface area contributed by atoms with Crippen LogP contribution >= 0.6 is 11.3 Å². The van der Waals surface area contributed by atoms with Crippen LogP contribution in [0.1, 0.15) is 18.5 Å². The summed E-state index contributed by atoms with van der Waals surface area (Å²) >= 11 is 1.49. The van der Waals surface area contributed by atoms with Gasteiger partial charge in [0.15, 0.2) is 0 Å². The van der Waals surface area contributed by atoms with Gasteiger partial charge in [-0.2, -0.15) is 5.10 Å². The van der Waals surface area contributed by atoms with Crippen molar-refractivity contribution in [1.82, 2.24) is 9.78 Å². The highest BCUT2D eigenvalue weighted by Gasteiger charge is 2.19. The average Bonchev–Trinajstić information content (AvgIpc) is 3.17. The van der Waals surface area contributed by atoms with E-state index in [-0.39, 0.29) is 5.69 Å². The van der Waals surface area contributed by atoms with Gasteiger partial charge < -0.3 is 5.32 Å².